The van der Waals surface area contributed by atoms with Gasteiger partial charge in [0, 0.05) is 48.4 Å². The van der Waals surface area contributed by atoms with Gasteiger partial charge in [0.25, 0.3) is 5.91 Å². The summed E-state index contributed by atoms with van der Waals surface area (Å²) in [7, 11) is 0. The van der Waals surface area contributed by atoms with Gasteiger partial charge in [0.1, 0.15) is 5.84 Å². The molecule has 0 radical (unpaired) electrons. The van der Waals surface area contributed by atoms with Crippen LogP contribution >= 0.6 is 0 Å². The van der Waals surface area contributed by atoms with Crippen LogP contribution in [0.1, 0.15) is 54.6 Å². The van der Waals surface area contributed by atoms with Crippen LogP contribution in [0.4, 0.5) is 11.4 Å². The normalized spacial score (nSPS) is 12.7. The van der Waals surface area contributed by atoms with Crippen molar-refractivity contribution in [2.45, 2.75) is 39.7 Å². The molecule has 0 fully saturated rings. The van der Waals surface area contributed by atoms with Gasteiger partial charge < -0.3 is 31.2 Å². The minimum Gasteiger partial charge on any atom is -0.387 e. The lowest BCUT2D eigenvalue weighted by molar-refractivity contribution is -0.127. The van der Waals surface area contributed by atoms with E-state index in [0.29, 0.717) is 74.4 Å². The molecule has 38 heavy (non-hydrogen) atoms. The first kappa shape index (κ1) is 29.0. The van der Waals surface area contributed by atoms with Gasteiger partial charge in [0.15, 0.2) is 0 Å². The molecule has 0 bridgehead atoms. The van der Waals surface area contributed by atoms with Crippen LogP contribution in [0.15, 0.2) is 53.0 Å². The van der Waals surface area contributed by atoms with Crippen LogP contribution in [-0.2, 0) is 20.9 Å². The Kier molecular flexibility index (Phi) is 11.5. The van der Waals surface area contributed by atoms with Crippen molar-refractivity contribution in [1.82, 2.24) is 4.90 Å². The fourth-order valence-electron chi connectivity index (χ4n) is 4.16. The average Bonchev–Trinajstić information content (AvgIpc) is 3.07. The van der Waals surface area contributed by atoms with E-state index < -0.39 is 0 Å². The quantitative estimate of drug-likeness (QED) is 0.324. The predicted octanol–water partition coefficient (Wildman–Crippen LogP) is 3.86. The van der Waals surface area contributed by atoms with Crippen molar-refractivity contribution in [2.75, 3.05) is 44.8 Å². The fourth-order valence-corrected chi connectivity index (χ4v) is 4.16. The maximum Gasteiger partial charge on any atom is 0.255 e. The summed E-state index contributed by atoms with van der Waals surface area (Å²) in [4.78, 5) is 32.6. The second-order valence-electron chi connectivity index (χ2n) is 9.12. The van der Waals surface area contributed by atoms with Gasteiger partial charge in [-0.15, -0.1) is 0 Å². The van der Waals surface area contributed by atoms with E-state index in [2.05, 4.69) is 24.2 Å². The molecule has 0 aromatic heterocycles. The number of benzene rings is 2. The first-order chi connectivity index (χ1) is 18.4. The molecule has 0 unspecified atom stereocenters. The molecule has 0 spiro atoms. The summed E-state index contributed by atoms with van der Waals surface area (Å²) in [6.07, 6.45) is 3.88. The number of nitrogens with one attached hydrogen (secondary N) is 1. The average molecular weight is 522 g/mol. The number of fused-ring (bicyclic) bond motifs is 1. The van der Waals surface area contributed by atoms with Crippen molar-refractivity contribution in [3.8, 4) is 0 Å². The second-order valence-corrected chi connectivity index (χ2v) is 9.12. The highest BCUT2D eigenvalue weighted by molar-refractivity contribution is 6.07. The summed E-state index contributed by atoms with van der Waals surface area (Å²) in [5.41, 5.74) is 15.5. The largest absolute Gasteiger partial charge is 0.387 e. The zero-order valence-corrected chi connectivity index (χ0v) is 22.4. The van der Waals surface area contributed by atoms with Gasteiger partial charge in [-0.2, -0.15) is 0 Å². The number of carbonyl (C=O) groups excluding carboxylic acids is 2. The van der Waals surface area contributed by atoms with E-state index in [0.717, 1.165) is 24.0 Å². The number of ether oxygens (including phenoxy) is 2. The lowest BCUT2D eigenvalue weighted by Crippen LogP contribution is -2.34. The molecular formula is C29H39N5O4. The minimum atomic E-state index is -0.267. The van der Waals surface area contributed by atoms with Crippen molar-refractivity contribution in [2.24, 2.45) is 16.5 Å². The molecule has 5 N–H and O–H groups in total. The van der Waals surface area contributed by atoms with Gasteiger partial charge in [0.05, 0.1) is 32.1 Å². The van der Waals surface area contributed by atoms with E-state index in [4.69, 9.17) is 20.9 Å². The molecule has 0 atom stereocenters. The summed E-state index contributed by atoms with van der Waals surface area (Å²) >= 11 is 0. The van der Waals surface area contributed by atoms with Gasteiger partial charge >= 0.3 is 0 Å². The number of hydrogen-bond donors (Lipinski definition) is 3. The third kappa shape index (κ3) is 8.51. The smallest absolute Gasteiger partial charge is 0.255 e. The first-order valence-corrected chi connectivity index (χ1v) is 13.2. The number of nitrogens with zero attached hydrogens (tertiary/aromatic N) is 2. The number of hydrogen-bond acceptors (Lipinski definition) is 7. The number of amidine groups is 1. The molecule has 9 nitrogen and oxygen atoms in total. The molecule has 1 aliphatic heterocycles. The van der Waals surface area contributed by atoms with Crippen molar-refractivity contribution >= 4 is 35.1 Å². The zero-order valence-electron chi connectivity index (χ0n) is 22.4. The van der Waals surface area contributed by atoms with Crippen LogP contribution < -0.4 is 16.8 Å². The molecule has 0 saturated carbocycles. The van der Waals surface area contributed by atoms with E-state index in [1.165, 1.54) is 0 Å². The Hall–Kier alpha value is -3.53. The number of nitrogens with two attached hydrogens (primary N) is 2. The van der Waals surface area contributed by atoms with Crippen LogP contribution in [0, 0.1) is 0 Å². The third-order valence-corrected chi connectivity index (χ3v) is 5.89. The molecule has 204 valence electrons. The van der Waals surface area contributed by atoms with Crippen molar-refractivity contribution in [3.63, 3.8) is 0 Å². The molecule has 2 amide bonds. The van der Waals surface area contributed by atoms with Crippen LogP contribution in [0.25, 0.3) is 6.08 Å². The summed E-state index contributed by atoms with van der Waals surface area (Å²) in [6, 6.07) is 12.7. The summed E-state index contributed by atoms with van der Waals surface area (Å²) < 4.78 is 10.9. The van der Waals surface area contributed by atoms with Crippen LogP contribution in [0.3, 0.4) is 0 Å². The number of anilines is 1. The van der Waals surface area contributed by atoms with E-state index in [1.54, 1.807) is 18.2 Å². The van der Waals surface area contributed by atoms with E-state index in [-0.39, 0.29) is 18.2 Å². The first-order valence-electron chi connectivity index (χ1n) is 13.2. The highest BCUT2D eigenvalue weighted by atomic mass is 16.5. The fraction of sp³-hybridized carbons (Fsp3) is 0.414. The Labute approximate surface area is 224 Å². The predicted molar refractivity (Wildman–Crippen MR) is 151 cm³/mol. The second kappa shape index (κ2) is 15.0. The Morgan fingerprint density at radius 1 is 1.03 bits per heavy atom. The molecule has 2 aromatic carbocycles. The van der Waals surface area contributed by atoms with E-state index in [1.807, 2.05) is 35.2 Å². The molecule has 0 saturated heterocycles. The molecule has 1 heterocycles. The SMILES string of the molecule is CCCN(CCC)C(=O)C1=Cc2ccc(C(=O)Nc3cccc(COCCOCCN)c3)cc2N=C(N)C1. The summed E-state index contributed by atoms with van der Waals surface area (Å²) in [5, 5.41) is 2.93. The van der Waals surface area contributed by atoms with Crippen LogP contribution in [-0.4, -0.2) is 62.0 Å². The highest BCUT2D eigenvalue weighted by Gasteiger charge is 2.21. The van der Waals surface area contributed by atoms with Gasteiger partial charge in [-0.05, 0) is 48.7 Å². The standard InChI is InChI=1S/C29H39N5O4/c1-3-11-34(12-4-2)29(36)24-17-22-8-9-23(18-26(22)33-27(31)19-24)28(35)32-25-7-5-6-21(16-25)20-38-15-14-37-13-10-30/h5-9,16-18H,3-4,10-15,19-20,30H2,1-2H3,(H2,31,33)(H,32,35). The zero-order chi connectivity index (χ0) is 27.3. The molecule has 3 rings (SSSR count). The van der Waals surface area contributed by atoms with Crippen molar-refractivity contribution < 1.29 is 19.1 Å². The minimum absolute atomic E-state index is 0.0199. The number of rotatable bonds is 14. The van der Waals surface area contributed by atoms with Gasteiger partial charge in [-0.1, -0.05) is 32.0 Å². The molecule has 1 aliphatic rings. The highest BCUT2D eigenvalue weighted by Crippen LogP contribution is 2.29. The van der Waals surface area contributed by atoms with E-state index in [9.17, 15) is 9.59 Å². The Bertz CT molecular complexity index is 1160. The molecule has 9 heteroatoms. The van der Waals surface area contributed by atoms with E-state index >= 15 is 0 Å². The number of amides is 2. The Balaban J connectivity index is 1.69. The summed E-state index contributed by atoms with van der Waals surface area (Å²) in [6.45, 7) is 7.86. The van der Waals surface area contributed by atoms with Gasteiger partial charge in [-0.25, -0.2) is 4.99 Å². The Morgan fingerprint density at radius 2 is 1.79 bits per heavy atom. The van der Waals surface area contributed by atoms with Crippen LogP contribution in [0.2, 0.25) is 0 Å². The topological polar surface area (TPSA) is 132 Å². The molecule has 0 aliphatic carbocycles. The molecule has 2 aromatic rings. The van der Waals surface area contributed by atoms with Gasteiger partial charge in [0.2, 0.25) is 5.91 Å². The summed E-state index contributed by atoms with van der Waals surface area (Å²) in [5.74, 6) is 0.0554. The Morgan fingerprint density at radius 3 is 2.53 bits per heavy atom. The lowest BCUT2D eigenvalue weighted by Gasteiger charge is -2.22. The van der Waals surface area contributed by atoms with Gasteiger partial charge in [-0.3, -0.25) is 9.59 Å². The number of aliphatic imine (C=N–C) groups is 1. The third-order valence-electron chi connectivity index (χ3n) is 5.89. The monoisotopic (exact) mass is 521 g/mol. The maximum atomic E-state index is 13.2. The van der Waals surface area contributed by atoms with Crippen molar-refractivity contribution in [3.05, 3.63) is 64.7 Å². The van der Waals surface area contributed by atoms with Crippen molar-refractivity contribution in [1.29, 1.82) is 0 Å². The van der Waals surface area contributed by atoms with Crippen LogP contribution in [0.5, 0.6) is 0 Å². The number of carbonyl (C=O) groups is 2. The maximum absolute atomic E-state index is 13.2. The lowest BCUT2D eigenvalue weighted by atomic mass is 10.0. The molecular weight excluding hydrogens is 482 g/mol.